The van der Waals surface area contributed by atoms with Crippen molar-refractivity contribution in [2.45, 2.75) is 31.8 Å². The van der Waals surface area contributed by atoms with Crippen LogP contribution in [-0.2, 0) is 0 Å². The summed E-state index contributed by atoms with van der Waals surface area (Å²) in [7, 11) is 0. The number of aliphatic hydroxyl groups is 1. The van der Waals surface area contributed by atoms with E-state index in [1.54, 1.807) is 0 Å². The third kappa shape index (κ3) is 3.99. The number of hydrogen-bond acceptors (Lipinski definition) is 3. The molecule has 1 saturated heterocycles. The molecule has 0 spiro atoms. The quantitative estimate of drug-likeness (QED) is 0.918. The van der Waals surface area contributed by atoms with Crippen molar-refractivity contribution in [3.63, 3.8) is 0 Å². The Kier molecular flexibility index (Phi) is 5.30. The molecule has 0 saturated carbocycles. The second-order valence-corrected chi connectivity index (χ2v) is 6.16. The minimum atomic E-state index is -0.433. The van der Waals surface area contributed by atoms with Gasteiger partial charge in [-0.2, -0.15) is 0 Å². The maximum atomic E-state index is 10.3. The molecular weight excluding hydrogens is 274 g/mol. The maximum Gasteiger partial charge on any atom is 0.127 e. The number of β-amino-alcohol motifs (C(OH)–C–C–N with tert-alkyl or cyclic N) is 1. The van der Waals surface area contributed by atoms with Crippen LogP contribution in [0.5, 0.6) is 5.75 Å². The number of benzene rings is 2. The molecule has 1 heterocycles. The second kappa shape index (κ2) is 7.61. The van der Waals surface area contributed by atoms with Gasteiger partial charge in [0.1, 0.15) is 18.5 Å². The predicted octanol–water partition coefficient (Wildman–Crippen LogP) is 3.46. The number of nitrogens with zero attached hydrogens (tertiary/aromatic N) is 1. The summed E-state index contributed by atoms with van der Waals surface area (Å²) in [5.74, 6) is 0.855. The molecule has 3 nitrogen and oxygen atoms in total. The lowest BCUT2D eigenvalue weighted by molar-refractivity contribution is 0.0699. The average molecular weight is 299 g/mol. The molecule has 1 aliphatic rings. The molecular formula is C19H25NO2. The first-order valence-corrected chi connectivity index (χ1v) is 8.34. The fraction of sp³-hybridized carbons (Fsp3) is 0.474. The molecule has 0 unspecified atom stereocenters. The molecule has 118 valence electrons. The average Bonchev–Trinajstić information content (AvgIpc) is 2.81. The maximum absolute atomic E-state index is 10.3. The molecule has 3 heteroatoms. The fourth-order valence-corrected chi connectivity index (χ4v) is 3.18. The normalized spacial score (nSPS) is 18.0. The van der Waals surface area contributed by atoms with Crippen molar-refractivity contribution in [1.82, 2.24) is 4.90 Å². The molecule has 0 amide bonds. The second-order valence-electron chi connectivity index (χ2n) is 6.16. The summed E-state index contributed by atoms with van der Waals surface area (Å²) in [4.78, 5) is 2.37. The Bertz CT molecular complexity index is 586. The van der Waals surface area contributed by atoms with Crippen LogP contribution in [-0.4, -0.2) is 42.4 Å². The lowest BCUT2D eigenvalue weighted by Gasteiger charge is -2.23. The first-order chi connectivity index (χ1) is 10.8. The van der Waals surface area contributed by atoms with E-state index in [-0.39, 0.29) is 0 Å². The summed E-state index contributed by atoms with van der Waals surface area (Å²) in [6.45, 7) is 3.27. The monoisotopic (exact) mass is 299 g/mol. The minimum Gasteiger partial charge on any atom is -0.490 e. The van der Waals surface area contributed by atoms with Crippen molar-refractivity contribution in [1.29, 1.82) is 0 Å². The van der Waals surface area contributed by atoms with Crippen LogP contribution in [0.2, 0.25) is 0 Å². The number of fused-ring (bicyclic) bond motifs is 1. The highest BCUT2D eigenvalue weighted by Crippen LogP contribution is 2.25. The van der Waals surface area contributed by atoms with Crippen LogP contribution in [0.1, 0.15) is 25.7 Å². The minimum absolute atomic E-state index is 0.352. The van der Waals surface area contributed by atoms with Crippen molar-refractivity contribution < 1.29 is 9.84 Å². The lowest BCUT2D eigenvalue weighted by Crippen LogP contribution is -2.36. The van der Waals surface area contributed by atoms with Crippen LogP contribution >= 0.6 is 0 Å². The predicted molar refractivity (Wildman–Crippen MR) is 90.4 cm³/mol. The molecule has 2 aromatic carbocycles. The largest absolute Gasteiger partial charge is 0.490 e. The Morgan fingerprint density at radius 1 is 0.955 bits per heavy atom. The van der Waals surface area contributed by atoms with Gasteiger partial charge in [0.25, 0.3) is 0 Å². The number of ether oxygens (including phenoxy) is 1. The van der Waals surface area contributed by atoms with E-state index in [0.717, 1.165) is 24.2 Å². The first-order valence-electron chi connectivity index (χ1n) is 8.34. The number of likely N-dealkylation sites (tertiary alicyclic amines) is 1. The van der Waals surface area contributed by atoms with Gasteiger partial charge in [0.15, 0.2) is 0 Å². The first kappa shape index (κ1) is 15.3. The van der Waals surface area contributed by atoms with Gasteiger partial charge in [-0.25, -0.2) is 0 Å². The Labute approximate surface area is 132 Å². The number of rotatable bonds is 5. The van der Waals surface area contributed by atoms with Gasteiger partial charge < -0.3 is 14.7 Å². The Hall–Kier alpha value is -1.58. The lowest BCUT2D eigenvalue weighted by atomic mass is 10.1. The molecule has 1 N–H and O–H groups in total. The zero-order valence-electron chi connectivity index (χ0n) is 13.1. The Morgan fingerprint density at radius 2 is 1.68 bits per heavy atom. The molecule has 1 atom stereocenters. The van der Waals surface area contributed by atoms with Crippen molar-refractivity contribution in [3.8, 4) is 5.75 Å². The number of hydrogen-bond donors (Lipinski definition) is 1. The van der Waals surface area contributed by atoms with Gasteiger partial charge >= 0.3 is 0 Å². The van der Waals surface area contributed by atoms with Crippen molar-refractivity contribution in [2.75, 3.05) is 26.2 Å². The summed E-state index contributed by atoms with van der Waals surface area (Å²) < 4.78 is 5.88. The highest BCUT2D eigenvalue weighted by Gasteiger charge is 2.14. The van der Waals surface area contributed by atoms with Crippen LogP contribution in [0.4, 0.5) is 0 Å². The molecule has 0 radical (unpaired) electrons. The highest BCUT2D eigenvalue weighted by atomic mass is 16.5. The summed E-state index contributed by atoms with van der Waals surface area (Å²) in [6, 6.07) is 14.2. The molecule has 0 bridgehead atoms. The van der Waals surface area contributed by atoms with Crippen molar-refractivity contribution in [2.24, 2.45) is 0 Å². The van der Waals surface area contributed by atoms with E-state index in [4.69, 9.17) is 4.74 Å². The highest BCUT2D eigenvalue weighted by molar-refractivity contribution is 5.88. The molecule has 22 heavy (non-hydrogen) atoms. The van der Waals surface area contributed by atoms with Gasteiger partial charge in [0.05, 0.1) is 0 Å². The van der Waals surface area contributed by atoms with E-state index >= 15 is 0 Å². The van der Waals surface area contributed by atoms with E-state index in [1.807, 2.05) is 24.3 Å². The molecule has 1 aliphatic heterocycles. The Balaban J connectivity index is 1.56. The molecule has 0 aromatic heterocycles. The van der Waals surface area contributed by atoms with Crippen LogP contribution in [0, 0.1) is 0 Å². The summed E-state index contributed by atoms with van der Waals surface area (Å²) in [5, 5.41) is 12.5. The summed E-state index contributed by atoms with van der Waals surface area (Å²) in [6.07, 6.45) is 4.70. The number of aliphatic hydroxyl groups excluding tert-OH is 1. The van der Waals surface area contributed by atoms with E-state index in [1.165, 1.54) is 31.1 Å². The van der Waals surface area contributed by atoms with Gasteiger partial charge in [0, 0.05) is 11.9 Å². The van der Waals surface area contributed by atoms with Gasteiger partial charge in [-0.3, -0.25) is 0 Å². The summed E-state index contributed by atoms with van der Waals surface area (Å²) in [5.41, 5.74) is 0. The van der Waals surface area contributed by atoms with Crippen LogP contribution in [0.15, 0.2) is 42.5 Å². The van der Waals surface area contributed by atoms with Gasteiger partial charge in [-0.15, -0.1) is 0 Å². The molecule has 0 aliphatic carbocycles. The smallest absolute Gasteiger partial charge is 0.127 e. The molecule has 3 rings (SSSR count). The van der Waals surface area contributed by atoms with Crippen LogP contribution < -0.4 is 4.74 Å². The van der Waals surface area contributed by atoms with Gasteiger partial charge in [-0.05, 0) is 37.4 Å². The summed E-state index contributed by atoms with van der Waals surface area (Å²) >= 11 is 0. The van der Waals surface area contributed by atoms with E-state index in [2.05, 4.69) is 23.1 Å². The van der Waals surface area contributed by atoms with Crippen LogP contribution in [0.3, 0.4) is 0 Å². The topological polar surface area (TPSA) is 32.7 Å². The van der Waals surface area contributed by atoms with Crippen molar-refractivity contribution in [3.05, 3.63) is 42.5 Å². The Morgan fingerprint density at radius 3 is 2.50 bits per heavy atom. The van der Waals surface area contributed by atoms with Crippen molar-refractivity contribution >= 4 is 10.8 Å². The standard InChI is InChI=1S/C19H25NO2/c21-17(14-20-12-5-1-2-6-13-20)15-22-19-11-7-9-16-8-3-4-10-18(16)19/h3-4,7-11,17,21H,1-2,5-6,12-15H2/t17-/m0/s1. The third-order valence-corrected chi connectivity index (χ3v) is 4.35. The van der Waals surface area contributed by atoms with E-state index < -0.39 is 6.10 Å². The van der Waals surface area contributed by atoms with Gasteiger partial charge in [0.2, 0.25) is 0 Å². The van der Waals surface area contributed by atoms with E-state index in [0.29, 0.717) is 13.2 Å². The SMILES string of the molecule is O[C@H](COc1cccc2ccccc12)CN1CCCCCC1. The van der Waals surface area contributed by atoms with E-state index in [9.17, 15) is 5.11 Å². The zero-order chi connectivity index (χ0) is 15.2. The molecule has 1 fully saturated rings. The van der Waals surface area contributed by atoms with Gasteiger partial charge in [-0.1, -0.05) is 49.2 Å². The third-order valence-electron chi connectivity index (χ3n) is 4.35. The zero-order valence-corrected chi connectivity index (χ0v) is 13.1. The molecule has 2 aromatic rings. The van der Waals surface area contributed by atoms with Crippen LogP contribution in [0.25, 0.3) is 10.8 Å². The fourth-order valence-electron chi connectivity index (χ4n) is 3.18.